The van der Waals surface area contributed by atoms with Crippen LogP contribution in [0.15, 0.2) is 0 Å². The zero-order valence-corrected chi connectivity index (χ0v) is 17.4. The fraction of sp³-hybridized carbons (Fsp3) is 0.900. The summed E-state index contributed by atoms with van der Waals surface area (Å²) in [6.07, 6.45) is 2.73. The molecule has 0 rings (SSSR count). The van der Waals surface area contributed by atoms with Crippen molar-refractivity contribution in [3.63, 3.8) is 0 Å². The van der Waals surface area contributed by atoms with Crippen LogP contribution in [-0.2, 0) is 19.1 Å². The molecule has 0 fully saturated rings. The van der Waals surface area contributed by atoms with E-state index in [9.17, 15) is 19.8 Å². The molecule has 5 atom stereocenters. The molecule has 6 nitrogen and oxygen atoms in total. The van der Waals surface area contributed by atoms with Crippen LogP contribution in [-0.4, -0.2) is 53.5 Å². The van der Waals surface area contributed by atoms with Crippen molar-refractivity contribution in [2.24, 2.45) is 17.8 Å². The van der Waals surface area contributed by atoms with Gasteiger partial charge in [0.1, 0.15) is 18.5 Å². The van der Waals surface area contributed by atoms with Crippen LogP contribution in [0, 0.1) is 17.8 Å². The molecule has 26 heavy (non-hydrogen) atoms. The van der Waals surface area contributed by atoms with Crippen LogP contribution < -0.4 is 0 Å². The predicted octanol–water partition coefficient (Wildman–Crippen LogP) is 2.73. The third-order valence-electron chi connectivity index (χ3n) is 5.00. The molecule has 0 bridgehead atoms. The van der Waals surface area contributed by atoms with Gasteiger partial charge in [-0.2, -0.15) is 0 Å². The Labute approximate surface area is 158 Å². The van der Waals surface area contributed by atoms with Crippen LogP contribution in [0.5, 0.6) is 0 Å². The van der Waals surface area contributed by atoms with Gasteiger partial charge in [0.05, 0.1) is 17.6 Å². The van der Waals surface area contributed by atoms with Crippen LogP contribution in [0.3, 0.4) is 0 Å². The number of esters is 1. The number of carbonyl (C=O) groups excluding carboxylic acids is 2. The molecule has 0 aromatic heterocycles. The van der Waals surface area contributed by atoms with Gasteiger partial charge in [-0.15, -0.1) is 0 Å². The van der Waals surface area contributed by atoms with Crippen molar-refractivity contribution in [1.82, 2.24) is 0 Å². The maximum Gasteiger partial charge on any atom is 0.308 e. The molecule has 6 heteroatoms. The standard InChI is InChI=1S/C20H38O6/c1-14(2)17(22)20(6,24)13-26-18(23)16(4)9-8-10-19(5,25-7)11-15(3)12-21/h12,14-17,22,24H,8-11,13H2,1-7H3/t15-,16?,17?,19+,20-/m1/s1. The largest absolute Gasteiger partial charge is 0.462 e. The van der Waals surface area contributed by atoms with Crippen LogP contribution in [0.2, 0.25) is 0 Å². The Morgan fingerprint density at radius 1 is 1.19 bits per heavy atom. The Bertz CT molecular complexity index is 434. The minimum atomic E-state index is -1.47. The number of methoxy groups -OCH3 is 1. The van der Waals surface area contributed by atoms with E-state index in [0.717, 1.165) is 19.1 Å². The second kappa shape index (κ2) is 11.0. The van der Waals surface area contributed by atoms with Crippen molar-refractivity contribution >= 4 is 12.3 Å². The fourth-order valence-electron chi connectivity index (χ4n) is 3.08. The molecule has 0 spiro atoms. The quantitative estimate of drug-likeness (QED) is 0.380. The van der Waals surface area contributed by atoms with E-state index < -0.39 is 17.3 Å². The SMILES string of the molecule is CO[C@@](C)(CCCC(C)C(=O)OC[C@@](C)(O)C(O)C(C)C)C[C@@H](C)C=O. The Hall–Kier alpha value is -0.980. The lowest BCUT2D eigenvalue weighted by molar-refractivity contribution is -0.165. The zero-order chi connectivity index (χ0) is 20.5. The Morgan fingerprint density at radius 2 is 1.77 bits per heavy atom. The molecule has 0 aliphatic heterocycles. The summed E-state index contributed by atoms with van der Waals surface area (Å²) in [4.78, 5) is 23.0. The van der Waals surface area contributed by atoms with Crippen LogP contribution in [0.4, 0.5) is 0 Å². The molecule has 0 saturated heterocycles. The van der Waals surface area contributed by atoms with Gasteiger partial charge in [-0.1, -0.05) is 27.7 Å². The lowest BCUT2D eigenvalue weighted by atomic mass is 9.87. The summed E-state index contributed by atoms with van der Waals surface area (Å²) < 4.78 is 10.8. The topological polar surface area (TPSA) is 93.1 Å². The molecule has 2 N–H and O–H groups in total. The molecular formula is C20H38O6. The molecule has 0 amide bonds. The van der Waals surface area contributed by atoms with Crippen molar-refractivity contribution in [2.45, 2.75) is 84.5 Å². The molecule has 0 aromatic carbocycles. The fourth-order valence-corrected chi connectivity index (χ4v) is 3.08. The third-order valence-corrected chi connectivity index (χ3v) is 5.00. The minimum absolute atomic E-state index is 0.0723. The minimum Gasteiger partial charge on any atom is -0.462 e. The van der Waals surface area contributed by atoms with Crippen molar-refractivity contribution in [3.05, 3.63) is 0 Å². The average Bonchev–Trinajstić information content (AvgIpc) is 2.58. The summed E-state index contributed by atoms with van der Waals surface area (Å²) in [5, 5.41) is 20.2. The number of hydrogen-bond donors (Lipinski definition) is 2. The van der Waals surface area contributed by atoms with Crippen molar-refractivity contribution in [2.75, 3.05) is 13.7 Å². The number of rotatable bonds is 13. The molecule has 0 radical (unpaired) electrons. The molecule has 0 aliphatic carbocycles. The van der Waals surface area contributed by atoms with E-state index in [4.69, 9.17) is 9.47 Å². The number of aliphatic hydroxyl groups is 2. The summed E-state index contributed by atoms with van der Waals surface area (Å²) in [6, 6.07) is 0. The van der Waals surface area contributed by atoms with Gasteiger partial charge in [-0.25, -0.2) is 0 Å². The van der Waals surface area contributed by atoms with Crippen LogP contribution >= 0.6 is 0 Å². The average molecular weight is 375 g/mol. The highest BCUT2D eigenvalue weighted by molar-refractivity contribution is 5.72. The summed E-state index contributed by atoms with van der Waals surface area (Å²) in [6.45, 7) is 10.4. The van der Waals surface area contributed by atoms with E-state index in [-0.39, 0.29) is 30.3 Å². The van der Waals surface area contributed by atoms with Crippen LogP contribution in [0.1, 0.15) is 67.2 Å². The first-order chi connectivity index (χ1) is 11.9. The molecule has 0 aromatic rings. The molecule has 0 saturated carbocycles. The molecule has 154 valence electrons. The van der Waals surface area contributed by atoms with E-state index in [2.05, 4.69) is 0 Å². The summed E-state index contributed by atoms with van der Waals surface area (Å²) in [7, 11) is 1.64. The second-order valence-electron chi connectivity index (χ2n) is 8.42. The van der Waals surface area contributed by atoms with Gasteiger partial charge >= 0.3 is 5.97 Å². The Kier molecular flexibility index (Phi) is 10.6. The Balaban J connectivity index is 4.40. The lowest BCUT2D eigenvalue weighted by Gasteiger charge is -2.31. The van der Waals surface area contributed by atoms with E-state index in [1.54, 1.807) is 27.9 Å². The summed E-state index contributed by atoms with van der Waals surface area (Å²) >= 11 is 0. The van der Waals surface area contributed by atoms with Gasteiger partial charge in [-0.3, -0.25) is 4.79 Å². The number of ether oxygens (including phenoxy) is 2. The van der Waals surface area contributed by atoms with E-state index in [0.29, 0.717) is 12.8 Å². The number of hydrogen-bond acceptors (Lipinski definition) is 6. The highest BCUT2D eigenvalue weighted by Crippen LogP contribution is 2.27. The number of aliphatic hydroxyl groups excluding tert-OH is 1. The maximum absolute atomic E-state index is 12.1. The molecule has 2 unspecified atom stereocenters. The summed E-state index contributed by atoms with van der Waals surface area (Å²) in [5.74, 6) is -0.910. The smallest absolute Gasteiger partial charge is 0.308 e. The van der Waals surface area contributed by atoms with Gasteiger partial charge in [0.25, 0.3) is 0 Å². The normalized spacial score (nSPS) is 19.9. The maximum atomic E-state index is 12.1. The molecule has 0 heterocycles. The van der Waals surface area contributed by atoms with Crippen molar-refractivity contribution < 1.29 is 29.3 Å². The lowest BCUT2D eigenvalue weighted by Crippen LogP contribution is -2.47. The monoisotopic (exact) mass is 374 g/mol. The third kappa shape index (κ3) is 8.60. The van der Waals surface area contributed by atoms with Gasteiger partial charge in [0.15, 0.2) is 0 Å². The summed E-state index contributed by atoms with van der Waals surface area (Å²) in [5.41, 5.74) is -1.86. The highest BCUT2D eigenvalue weighted by Gasteiger charge is 2.34. The van der Waals surface area contributed by atoms with E-state index >= 15 is 0 Å². The number of aldehydes is 1. The van der Waals surface area contributed by atoms with E-state index in [1.165, 1.54) is 6.92 Å². The molecular weight excluding hydrogens is 336 g/mol. The zero-order valence-electron chi connectivity index (χ0n) is 17.4. The first-order valence-corrected chi connectivity index (χ1v) is 9.46. The first-order valence-electron chi connectivity index (χ1n) is 9.46. The first kappa shape index (κ1) is 25.0. The van der Waals surface area contributed by atoms with Gasteiger partial charge in [-0.05, 0) is 45.4 Å². The van der Waals surface area contributed by atoms with Crippen LogP contribution in [0.25, 0.3) is 0 Å². The Morgan fingerprint density at radius 3 is 2.23 bits per heavy atom. The van der Waals surface area contributed by atoms with Crippen molar-refractivity contribution in [3.8, 4) is 0 Å². The van der Waals surface area contributed by atoms with E-state index in [1.807, 2.05) is 13.8 Å². The highest BCUT2D eigenvalue weighted by atomic mass is 16.5. The van der Waals surface area contributed by atoms with Crippen molar-refractivity contribution in [1.29, 1.82) is 0 Å². The predicted molar refractivity (Wildman–Crippen MR) is 101 cm³/mol. The second-order valence-corrected chi connectivity index (χ2v) is 8.42. The van der Waals surface area contributed by atoms with Gasteiger partial charge in [0.2, 0.25) is 0 Å². The molecule has 0 aliphatic rings. The number of carbonyl (C=O) groups is 2. The van der Waals surface area contributed by atoms with Gasteiger partial charge < -0.3 is 24.5 Å². The van der Waals surface area contributed by atoms with Gasteiger partial charge in [0, 0.05) is 13.0 Å².